The lowest BCUT2D eigenvalue weighted by atomic mass is 9.81. The summed E-state index contributed by atoms with van der Waals surface area (Å²) in [5.41, 5.74) is 2.63. The number of aryl methyl sites for hydroxylation is 1. The van der Waals surface area contributed by atoms with Gasteiger partial charge in [-0.25, -0.2) is 4.98 Å². The average Bonchev–Trinajstić information content (AvgIpc) is 2.53. The van der Waals surface area contributed by atoms with Gasteiger partial charge in [0.05, 0.1) is 5.60 Å². The third-order valence-corrected chi connectivity index (χ3v) is 4.46. The molecule has 0 bridgehead atoms. The number of aldehydes is 1. The quantitative estimate of drug-likeness (QED) is 0.644. The second kappa shape index (κ2) is 7.05. The van der Waals surface area contributed by atoms with Crippen molar-refractivity contribution < 1.29 is 14.6 Å². The Morgan fingerprint density at radius 3 is 2.77 bits per heavy atom. The van der Waals surface area contributed by atoms with Gasteiger partial charge in [0.1, 0.15) is 18.1 Å². The molecule has 0 aromatic carbocycles. The summed E-state index contributed by atoms with van der Waals surface area (Å²) in [4.78, 5) is 15.3. The molecule has 0 saturated carbocycles. The summed E-state index contributed by atoms with van der Waals surface area (Å²) in [6, 6.07) is 3.62. The Morgan fingerprint density at radius 2 is 2.09 bits per heavy atom. The molecule has 0 saturated heterocycles. The molecule has 0 aliphatic heterocycles. The summed E-state index contributed by atoms with van der Waals surface area (Å²) in [7, 11) is 0. The maximum Gasteiger partial charge on any atom is 0.172 e. The van der Waals surface area contributed by atoms with Crippen molar-refractivity contribution in [3.8, 4) is 5.75 Å². The van der Waals surface area contributed by atoms with Crippen LogP contribution in [0.2, 0.25) is 0 Å². The normalized spacial score (nSPS) is 18.0. The fraction of sp³-hybridized carbons (Fsp3) is 0.556. The Balaban J connectivity index is 2.20. The van der Waals surface area contributed by atoms with Gasteiger partial charge < -0.3 is 9.84 Å². The monoisotopic (exact) mass is 303 g/mol. The van der Waals surface area contributed by atoms with Crippen LogP contribution in [0.5, 0.6) is 5.75 Å². The van der Waals surface area contributed by atoms with Gasteiger partial charge in [0.25, 0.3) is 0 Å². The molecule has 120 valence electrons. The molecule has 0 amide bonds. The van der Waals surface area contributed by atoms with Crippen molar-refractivity contribution in [2.45, 2.75) is 58.5 Å². The van der Waals surface area contributed by atoms with Crippen LogP contribution < -0.4 is 4.74 Å². The first-order valence-electron chi connectivity index (χ1n) is 7.97. The Morgan fingerprint density at radius 1 is 1.36 bits per heavy atom. The third-order valence-electron chi connectivity index (χ3n) is 4.46. The van der Waals surface area contributed by atoms with Crippen LogP contribution in [-0.4, -0.2) is 28.6 Å². The molecule has 4 heteroatoms. The standard InChI is InChI=1S/C18H25NO3/c1-4-18(3,21)15-8-6-5-7-14(15)12-22-17-10-9-13(2)19-16(17)11-20/h9-11,21H,4-8,12H2,1-3H3. The van der Waals surface area contributed by atoms with E-state index in [1.807, 2.05) is 26.8 Å². The summed E-state index contributed by atoms with van der Waals surface area (Å²) in [5, 5.41) is 10.6. The van der Waals surface area contributed by atoms with Crippen molar-refractivity contribution in [3.05, 3.63) is 34.7 Å². The number of aromatic nitrogens is 1. The highest BCUT2D eigenvalue weighted by atomic mass is 16.5. The van der Waals surface area contributed by atoms with Gasteiger partial charge >= 0.3 is 0 Å². The van der Waals surface area contributed by atoms with Crippen LogP contribution in [0.4, 0.5) is 0 Å². The molecule has 1 N–H and O–H groups in total. The summed E-state index contributed by atoms with van der Waals surface area (Å²) in [6.07, 6.45) is 5.51. The molecule has 1 aliphatic rings. The molecule has 0 spiro atoms. The van der Waals surface area contributed by atoms with E-state index in [1.165, 1.54) is 0 Å². The Kier molecular flexibility index (Phi) is 5.35. The lowest BCUT2D eigenvalue weighted by molar-refractivity contribution is 0.0861. The van der Waals surface area contributed by atoms with E-state index in [4.69, 9.17) is 4.74 Å². The topological polar surface area (TPSA) is 59.4 Å². The van der Waals surface area contributed by atoms with E-state index >= 15 is 0 Å². The maximum absolute atomic E-state index is 11.1. The highest BCUT2D eigenvalue weighted by Crippen LogP contribution is 2.34. The Labute approximate surface area is 132 Å². The van der Waals surface area contributed by atoms with Gasteiger partial charge in [-0.15, -0.1) is 0 Å². The van der Waals surface area contributed by atoms with Crippen molar-refractivity contribution in [2.24, 2.45) is 0 Å². The molecule has 1 aromatic rings. The van der Waals surface area contributed by atoms with Crippen LogP contribution in [0.3, 0.4) is 0 Å². The van der Waals surface area contributed by atoms with E-state index in [0.717, 1.165) is 48.8 Å². The zero-order chi connectivity index (χ0) is 16.2. The van der Waals surface area contributed by atoms with Gasteiger partial charge in [-0.2, -0.15) is 0 Å². The zero-order valence-corrected chi connectivity index (χ0v) is 13.7. The average molecular weight is 303 g/mol. The molecule has 1 heterocycles. The molecule has 1 unspecified atom stereocenters. The lowest BCUT2D eigenvalue weighted by Crippen LogP contribution is -2.29. The highest BCUT2D eigenvalue weighted by Gasteiger charge is 2.28. The minimum absolute atomic E-state index is 0.334. The molecular weight excluding hydrogens is 278 g/mol. The van der Waals surface area contributed by atoms with Crippen LogP contribution in [-0.2, 0) is 0 Å². The molecular formula is C18H25NO3. The van der Waals surface area contributed by atoms with Gasteiger partial charge in [-0.05, 0) is 69.2 Å². The number of carbonyl (C=O) groups is 1. The van der Waals surface area contributed by atoms with Gasteiger partial charge in [-0.1, -0.05) is 6.92 Å². The predicted molar refractivity (Wildman–Crippen MR) is 86.3 cm³/mol. The molecule has 1 aliphatic carbocycles. The zero-order valence-electron chi connectivity index (χ0n) is 13.7. The van der Waals surface area contributed by atoms with Crippen LogP contribution in [0.25, 0.3) is 0 Å². The second-order valence-electron chi connectivity index (χ2n) is 6.16. The predicted octanol–water partition coefficient (Wildman–Crippen LogP) is 3.61. The van der Waals surface area contributed by atoms with Gasteiger partial charge in [0, 0.05) is 5.69 Å². The SMILES string of the molecule is CCC(C)(O)C1=C(COc2ccc(C)nc2C=O)CCCC1. The number of rotatable bonds is 6. The molecule has 4 nitrogen and oxygen atoms in total. The molecule has 0 fully saturated rings. The third kappa shape index (κ3) is 3.74. The fourth-order valence-electron chi connectivity index (χ4n) is 2.93. The van der Waals surface area contributed by atoms with Gasteiger partial charge in [0.2, 0.25) is 0 Å². The van der Waals surface area contributed by atoms with Crippen molar-refractivity contribution >= 4 is 6.29 Å². The summed E-state index contributed by atoms with van der Waals surface area (Å²) < 4.78 is 5.83. The number of aliphatic hydroxyl groups is 1. The summed E-state index contributed by atoms with van der Waals surface area (Å²) in [6.45, 7) is 6.13. The summed E-state index contributed by atoms with van der Waals surface area (Å²) >= 11 is 0. The molecule has 22 heavy (non-hydrogen) atoms. The smallest absolute Gasteiger partial charge is 0.172 e. The minimum atomic E-state index is -0.766. The van der Waals surface area contributed by atoms with Crippen LogP contribution in [0.15, 0.2) is 23.3 Å². The number of carbonyl (C=O) groups excluding carboxylic acids is 1. The van der Waals surface area contributed by atoms with Crippen LogP contribution >= 0.6 is 0 Å². The first-order valence-corrected chi connectivity index (χ1v) is 7.97. The van der Waals surface area contributed by atoms with Gasteiger partial charge in [-0.3, -0.25) is 4.79 Å². The minimum Gasteiger partial charge on any atom is -0.487 e. The molecule has 1 aromatic heterocycles. The largest absolute Gasteiger partial charge is 0.487 e. The lowest BCUT2D eigenvalue weighted by Gasteiger charge is -2.31. The molecule has 2 rings (SSSR count). The van der Waals surface area contributed by atoms with Crippen molar-refractivity contribution in [1.29, 1.82) is 0 Å². The number of ether oxygens (including phenoxy) is 1. The van der Waals surface area contributed by atoms with Gasteiger partial charge in [0.15, 0.2) is 6.29 Å². The number of hydrogen-bond acceptors (Lipinski definition) is 4. The number of nitrogens with zero attached hydrogens (tertiary/aromatic N) is 1. The van der Waals surface area contributed by atoms with E-state index in [1.54, 1.807) is 6.07 Å². The first-order chi connectivity index (χ1) is 10.5. The van der Waals surface area contributed by atoms with Crippen molar-refractivity contribution in [1.82, 2.24) is 4.98 Å². The first kappa shape index (κ1) is 16.7. The fourth-order valence-corrected chi connectivity index (χ4v) is 2.93. The van der Waals surface area contributed by atoms with E-state index in [0.29, 0.717) is 24.5 Å². The van der Waals surface area contributed by atoms with Crippen molar-refractivity contribution in [2.75, 3.05) is 6.61 Å². The second-order valence-corrected chi connectivity index (χ2v) is 6.16. The number of hydrogen-bond donors (Lipinski definition) is 1. The van der Waals surface area contributed by atoms with E-state index in [-0.39, 0.29) is 0 Å². The Hall–Kier alpha value is -1.68. The van der Waals surface area contributed by atoms with E-state index in [2.05, 4.69) is 4.98 Å². The maximum atomic E-state index is 11.1. The summed E-state index contributed by atoms with van der Waals surface area (Å²) in [5.74, 6) is 0.508. The Bertz CT molecular complexity index is 576. The number of pyridine rings is 1. The van der Waals surface area contributed by atoms with Crippen LogP contribution in [0, 0.1) is 6.92 Å². The van der Waals surface area contributed by atoms with Crippen LogP contribution in [0.1, 0.15) is 62.1 Å². The molecule has 1 atom stereocenters. The highest BCUT2D eigenvalue weighted by molar-refractivity contribution is 5.76. The van der Waals surface area contributed by atoms with E-state index < -0.39 is 5.60 Å². The van der Waals surface area contributed by atoms with Crippen molar-refractivity contribution in [3.63, 3.8) is 0 Å². The van der Waals surface area contributed by atoms with E-state index in [9.17, 15) is 9.90 Å². The molecule has 0 radical (unpaired) electrons.